The van der Waals surface area contributed by atoms with Crippen molar-refractivity contribution < 1.29 is 9.84 Å². The van der Waals surface area contributed by atoms with E-state index >= 15 is 0 Å². The van der Waals surface area contributed by atoms with Gasteiger partial charge in [-0.05, 0) is 135 Å². The highest BCUT2D eigenvalue weighted by molar-refractivity contribution is 9.10. The number of ether oxygens (including phenoxy) is 1. The van der Waals surface area contributed by atoms with Gasteiger partial charge in [-0.25, -0.2) is 9.97 Å². The number of rotatable bonds is 4. The zero-order valence-corrected chi connectivity index (χ0v) is 34.8. The lowest BCUT2D eigenvalue weighted by Gasteiger charge is -2.10. The van der Waals surface area contributed by atoms with Crippen molar-refractivity contribution in [1.82, 2.24) is 19.1 Å². The SMILES string of the molecule is Cc1cc(N)cc(O)c1.Cc1cc(N)cc(Oc2ccc3c4ccccc4n(-c4cc(C)ccn4)c3c2)c1.Cc1ccnc(-n2c3ccccc3c3ccc(Br)cc32)c1. The number of hydrogen-bond acceptors (Lipinski definition) is 6. The summed E-state index contributed by atoms with van der Waals surface area (Å²) in [5, 5.41) is 13.8. The van der Waals surface area contributed by atoms with Crippen molar-refractivity contribution >= 4 is 70.9 Å². The maximum absolute atomic E-state index is 8.91. The minimum absolute atomic E-state index is 0.229. The van der Waals surface area contributed by atoms with Gasteiger partial charge in [0.2, 0.25) is 0 Å². The van der Waals surface area contributed by atoms with Gasteiger partial charge >= 0.3 is 0 Å². The van der Waals surface area contributed by atoms with Gasteiger partial charge in [-0.3, -0.25) is 9.13 Å². The smallest absolute Gasteiger partial charge is 0.137 e. The number of halogens is 1. The first-order valence-corrected chi connectivity index (χ1v) is 20.0. The van der Waals surface area contributed by atoms with Crippen LogP contribution < -0.4 is 16.2 Å². The van der Waals surface area contributed by atoms with Crippen molar-refractivity contribution in [2.75, 3.05) is 11.5 Å². The predicted octanol–water partition coefficient (Wildman–Crippen LogP) is 12.7. The van der Waals surface area contributed by atoms with Crippen LogP contribution in [0, 0.1) is 27.7 Å². The molecule has 6 aromatic carbocycles. The number of anilines is 2. The van der Waals surface area contributed by atoms with E-state index in [9.17, 15) is 0 Å². The number of fused-ring (bicyclic) bond motifs is 6. The van der Waals surface area contributed by atoms with Gasteiger partial charge in [-0.15, -0.1) is 0 Å². The summed E-state index contributed by atoms with van der Waals surface area (Å²) in [4.78, 5) is 9.18. The van der Waals surface area contributed by atoms with E-state index in [0.717, 1.165) is 49.8 Å². The fraction of sp³-hybridized carbons (Fsp3) is 0.0800. The summed E-state index contributed by atoms with van der Waals surface area (Å²) in [6.45, 7) is 8.06. The molecule has 292 valence electrons. The lowest BCUT2D eigenvalue weighted by Crippen LogP contribution is -1.97. The molecule has 9 heteroatoms. The Balaban J connectivity index is 0.000000140. The van der Waals surface area contributed by atoms with Crippen molar-refractivity contribution in [3.63, 3.8) is 0 Å². The first-order chi connectivity index (χ1) is 28.5. The van der Waals surface area contributed by atoms with Crippen LogP contribution in [-0.2, 0) is 0 Å². The van der Waals surface area contributed by atoms with Crippen LogP contribution in [0.3, 0.4) is 0 Å². The Morgan fingerprint density at radius 3 is 1.53 bits per heavy atom. The number of hydrogen-bond donors (Lipinski definition) is 3. The van der Waals surface area contributed by atoms with Crippen LogP contribution in [0.15, 0.2) is 162 Å². The molecule has 0 amide bonds. The number of aromatic hydroxyl groups is 1. The molecule has 59 heavy (non-hydrogen) atoms. The molecule has 0 radical (unpaired) electrons. The molecule has 0 bridgehead atoms. The number of aromatic nitrogens is 4. The van der Waals surface area contributed by atoms with Gasteiger partial charge in [0.15, 0.2) is 0 Å². The first kappa shape index (κ1) is 38.8. The molecule has 0 saturated carbocycles. The fourth-order valence-corrected chi connectivity index (χ4v) is 7.85. The standard InChI is InChI=1S/C25H21N3O.C18H13BrN2.C7H9NO/c1-16-9-10-27-25(13-16)28-23-6-4-3-5-21(23)22-8-7-19(15-24(22)28)29-20-12-17(2)11-18(26)14-20;1-12-8-9-20-18(10-12)21-16-5-3-2-4-14(16)15-7-6-13(19)11-17(15)21;1-5-2-6(8)4-7(9)3-5/h3-15H,26H2,1-2H3;2-11H,1H3;2-4,9H,8H2,1H3. The number of phenolic OH excluding ortho intramolecular Hbond substituents is 1. The van der Waals surface area contributed by atoms with Gasteiger partial charge in [-0.1, -0.05) is 58.4 Å². The molecular formula is C50H43BrN6O2. The highest BCUT2D eigenvalue weighted by Crippen LogP contribution is 2.36. The number of benzene rings is 6. The van der Waals surface area contributed by atoms with Crippen LogP contribution >= 0.6 is 15.9 Å². The first-order valence-electron chi connectivity index (χ1n) is 19.2. The molecule has 4 heterocycles. The topological polar surface area (TPSA) is 117 Å². The summed E-state index contributed by atoms with van der Waals surface area (Å²) in [6, 6.07) is 48.4. The molecule has 0 atom stereocenters. The van der Waals surface area contributed by atoms with Gasteiger partial charge < -0.3 is 21.3 Å². The van der Waals surface area contributed by atoms with Crippen LogP contribution in [0.2, 0.25) is 0 Å². The van der Waals surface area contributed by atoms with E-state index in [-0.39, 0.29) is 5.75 Å². The predicted molar refractivity (Wildman–Crippen MR) is 247 cm³/mol. The molecule has 0 aliphatic carbocycles. The number of pyridine rings is 2. The number of para-hydroxylation sites is 2. The zero-order valence-electron chi connectivity index (χ0n) is 33.2. The Hall–Kier alpha value is -7.10. The summed E-state index contributed by atoms with van der Waals surface area (Å²) in [5.41, 5.74) is 21.6. The monoisotopic (exact) mass is 838 g/mol. The van der Waals surface area contributed by atoms with E-state index in [2.05, 4.69) is 140 Å². The molecule has 0 fully saturated rings. The van der Waals surface area contributed by atoms with Crippen molar-refractivity contribution in [2.45, 2.75) is 27.7 Å². The van der Waals surface area contributed by atoms with Gasteiger partial charge in [0.25, 0.3) is 0 Å². The Bertz CT molecular complexity index is 3080. The van der Waals surface area contributed by atoms with E-state index in [1.54, 1.807) is 12.1 Å². The molecular weight excluding hydrogens is 796 g/mol. The maximum atomic E-state index is 8.91. The molecule has 10 aromatic rings. The lowest BCUT2D eigenvalue weighted by atomic mass is 10.1. The lowest BCUT2D eigenvalue weighted by molar-refractivity contribution is 0.475. The summed E-state index contributed by atoms with van der Waals surface area (Å²) in [7, 11) is 0. The summed E-state index contributed by atoms with van der Waals surface area (Å²) >= 11 is 3.58. The molecule has 0 aliphatic rings. The normalized spacial score (nSPS) is 11.0. The number of nitrogens with two attached hydrogens (primary N) is 2. The Labute approximate surface area is 351 Å². The van der Waals surface area contributed by atoms with Gasteiger partial charge in [0.05, 0.1) is 22.1 Å². The van der Waals surface area contributed by atoms with E-state index < -0.39 is 0 Å². The molecule has 5 N–H and O–H groups in total. The zero-order chi connectivity index (χ0) is 41.2. The highest BCUT2D eigenvalue weighted by Gasteiger charge is 2.15. The number of phenols is 1. The molecule has 0 spiro atoms. The molecule has 0 unspecified atom stereocenters. The van der Waals surface area contributed by atoms with Crippen LogP contribution in [0.25, 0.3) is 55.2 Å². The quantitative estimate of drug-likeness (QED) is 0.152. The van der Waals surface area contributed by atoms with Gasteiger partial charge in [0, 0.05) is 68.0 Å². The Kier molecular flexibility index (Phi) is 10.8. The van der Waals surface area contributed by atoms with Crippen LogP contribution in [0.5, 0.6) is 17.2 Å². The number of nitrogen functional groups attached to an aromatic ring is 2. The van der Waals surface area contributed by atoms with Gasteiger partial charge in [-0.2, -0.15) is 0 Å². The molecule has 0 aliphatic heterocycles. The minimum Gasteiger partial charge on any atom is -0.508 e. The summed E-state index contributed by atoms with van der Waals surface area (Å²) in [5.74, 6) is 3.58. The van der Waals surface area contributed by atoms with Crippen molar-refractivity contribution in [1.29, 1.82) is 0 Å². The average Bonchev–Trinajstić information content (AvgIpc) is 3.69. The Morgan fingerprint density at radius 1 is 0.475 bits per heavy atom. The summed E-state index contributed by atoms with van der Waals surface area (Å²) < 4.78 is 11.6. The number of aryl methyl sites for hydroxylation is 4. The largest absolute Gasteiger partial charge is 0.508 e. The van der Waals surface area contributed by atoms with E-state index in [4.69, 9.17) is 21.3 Å². The third kappa shape index (κ3) is 8.33. The minimum atomic E-state index is 0.229. The van der Waals surface area contributed by atoms with Crippen LogP contribution in [-0.4, -0.2) is 24.2 Å². The van der Waals surface area contributed by atoms with Crippen molar-refractivity contribution in [3.8, 4) is 28.9 Å². The highest BCUT2D eigenvalue weighted by atomic mass is 79.9. The van der Waals surface area contributed by atoms with E-state index in [1.165, 1.54) is 49.8 Å². The maximum Gasteiger partial charge on any atom is 0.137 e. The number of nitrogens with zero attached hydrogens (tertiary/aromatic N) is 4. The second-order valence-corrected chi connectivity index (χ2v) is 15.6. The second kappa shape index (κ2) is 16.4. The molecule has 4 aromatic heterocycles. The van der Waals surface area contributed by atoms with Crippen LogP contribution in [0.4, 0.5) is 11.4 Å². The van der Waals surface area contributed by atoms with E-state index in [1.807, 2.05) is 62.6 Å². The van der Waals surface area contributed by atoms with Crippen LogP contribution in [0.1, 0.15) is 22.3 Å². The summed E-state index contributed by atoms with van der Waals surface area (Å²) in [6.07, 6.45) is 3.71. The van der Waals surface area contributed by atoms with Gasteiger partial charge in [0.1, 0.15) is 28.9 Å². The van der Waals surface area contributed by atoms with Crippen molar-refractivity contribution in [3.05, 3.63) is 185 Å². The third-order valence-corrected chi connectivity index (χ3v) is 10.4. The molecule has 8 nitrogen and oxygen atoms in total. The fourth-order valence-electron chi connectivity index (χ4n) is 7.50. The molecule has 10 rings (SSSR count). The third-order valence-electron chi connectivity index (χ3n) is 9.93. The molecule has 0 saturated heterocycles. The van der Waals surface area contributed by atoms with E-state index in [0.29, 0.717) is 11.4 Å². The van der Waals surface area contributed by atoms with Crippen molar-refractivity contribution in [2.24, 2.45) is 0 Å². The second-order valence-electron chi connectivity index (χ2n) is 14.7. The average molecular weight is 840 g/mol. The Morgan fingerprint density at radius 2 is 0.983 bits per heavy atom.